The summed E-state index contributed by atoms with van der Waals surface area (Å²) < 4.78 is 5.24. The summed E-state index contributed by atoms with van der Waals surface area (Å²) in [5.41, 5.74) is 2.87. The SMILES string of the molecule is CCc1cc(OC)cc(CC)c1C(=O)NC. The number of methoxy groups -OCH3 is 1. The monoisotopic (exact) mass is 221 g/mol. The third-order valence-corrected chi connectivity index (χ3v) is 2.73. The molecule has 1 N–H and O–H groups in total. The highest BCUT2D eigenvalue weighted by molar-refractivity contribution is 5.97. The van der Waals surface area contributed by atoms with Crippen LogP contribution in [0.4, 0.5) is 0 Å². The summed E-state index contributed by atoms with van der Waals surface area (Å²) in [5.74, 6) is 0.803. The molecule has 0 atom stereocenters. The lowest BCUT2D eigenvalue weighted by atomic mass is 9.96. The van der Waals surface area contributed by atoms with Gasteiger partial charge in [0.15, 0.2) is 0 Å². The molecule has 0 aliphatic heterocycles. The lowest BCUT2D eigenvalue weighted by Gasteiger charge is -2.13. The molecule has 0 bridgehead atoms. The van der Waals surface area contributed by atoms with E-state index < -0.39 is 0 Å². The molecular weight excluding hydrogens is 202 g/mol. The number of nitrogens with one attached hydrogen (secondary N) is 1. The molecule has 0 heterocycles. The van der Waals surface area contributed by atoms with Crippen LogP contribution in [0.5, 0.6) is 5.75 Å². The topological polar surface area (TPSA) is 38.3 Å². The molecule has 0 spiro atoms. The van der Waals surface area contributed by atoms with E-state index in [-0.39, 0.29) is 5.91 Å². The summed E-state index contributed by atoms with van der Waals surface area (Å²) in [4.78, 5) is 11.8. The van der Waals surface area contributed by atoms with Crippen LogP contribution in [0.25, 0.3) is 0 Å². The zero-order valence-corrected chi connectivity index (χ0v) is 10.4. The fraction of sp³-hybridized carbons (Fsp3) is 0.462. The van der Waals surface area contributed by atoms with E-state index in [4.69, 9.17) is 4.74 Å². The second-order valence-electron chi connectivity index (χ2n) is 3.61. The van der Waals surface area contributed by atoms with Gasteiger partial charge >= 0.3 is 0 Å². The Bertz CT molecular complexity index is 361. The molecule has 16 heavy (non-hydrogen) atoms. The Morgan fingerprint density at radius 2 is 1.75 bits per heavy atom. The molecule has 1 rings (SSSR count). The molecule has 0 unspecified atom stereocenters. The van der Waals surface area contributed by atoms with Crippen LogP contribution < -0.4 is 10.1 Å². The van der Waals surface area contributed by atoms with E-state index in [9.17, 15) is 4.79 Å². The van der Waals surface area contributed by atoms with Gasteiger partial charge in [-0.3, -0.25) is 4.79 Å². The average molecular weight is 221 g/mol. The molecular formula is C13H19NO2. The second kappa shape index (κ2) is 5.54. The van der Waals surface area contributed by atoms with Gasteiger partial charge in [-0.1, -0.05) is 13.8 Å². The summed E-state index contributed by atoms with van der Waals surface area (Å²) in [6.07, 6.45) is 1.65. The molecule has 0 aliphatic carbocycles. The standard InChI is InChI=1S/C13H19NO2/c1-5-9-7-11(16-4)8-10(6-2)12(9)13(15)14-3/h7-8H,5-6H2,1-4H3,(H,14,15). The van der Waals surface area contributed by atoms with E-state index in [1.165, 1.54) is 0 Å². The molecule has 0 fully saturated rings. The zero-order valence-electron chi connectivity index (χ0n) is 10.4. The van der Waals surface area contributed by atoms with Gasteiger partial charge in [0.1, 0.15) is 5.75 Å². The molecule has 0 aliphatic rings. The van der Waals surface area contributed by atoms with Crippen molar-refractivity contribution in [2.24, 2.45) is 0 Å². The summed E-state index contributed by atoms with van der Waals surface area (Å²) in [5, 5.41) is 2.69. The summed E-state index contributed by atoms with van der Waals surface area (Å²) >= 11 is 0. The Hall–Kier alpha value is -1.51. The minimum Gasteiger partial charge on any atom is -0.497 e. The van der Waals surface area contributed by atoms with Crippen LogP contribution in [0.15, 0.2) is 12.1 Å². The molecule has 3 heteroatoms. The van der Waals surface area contributed by atoms with Crippen LogP contribution in [-0.4, -0.2) is 20.1 Å². The molecule has 0 aromatic heterocycles. The molecule has 88 valence electrons. The highest BCUT2D eigenvalue weighted by Gasteiger charge is 2.15. The van der Waals surface area contributed by atoms with Crippen molar-refractivity contribution in [3.8, 4) is 5.75 Å². The van der Waals surface area contributed by atoms with Crippen molar-refractivity contribution in [2.45, 2.75) is 26.7 Å². The van der Waals surface area contributed by atoms with Gasteiger partial charge < -0.3 is 10.1 Å². The molecule has 1 aromatic carbocycles. The Morgan fingerprint density at radius 3 is 2.06 bits per heavy atom. The van der Waals surface area contributed by atoms with Crippen LogP contribution >= 0.6 is 0 Å². The first-order chi connectivity index (χ1) is 7.67. The van der Waals surface area contributed by atoms with Crippen LogP contribution in [-0.2, 0) is 12.8 Å². The molecule has 0 saturated heterocycles. The van der Waals surface area contributed by atoms with Gasteiger partial charge in [0, 0.05) is 12.6 Å². The van der Waals surface area contributed by atoms with Crippen molar-refractivity contribution < 1.29 is 9.53 Å². The number of carbonyl (C=O) groups excluding carboxylic acids is 1. The number of hydrogen-bond acceptors (Lipinski definition) is 2. The minimum absolute atomic E-state index is 0.0173. The highest BCUT2D eigenvalue weighted by Crippen LogP contribution is 2.23. The third kappa shape index (κ3) is 2.35. The number of aryl methyl sites for hydroxylation is 2. The van der Waals surface area contributed by atoms with E-state index in [1.807, 2.05) is 26.0 Å². The van der Waals surface area contributed by atoms with Crippen molar-refractivity contribution in [3.63, 3.8) is 0 Å². The highest BCUT2D eigenvalue weighted by atomic mass is 16.5. The molecule has 1 aromatic rings. The smallest absolute Gasteiger partial charge is 0.251 e. The first-order valence-corrected chi connectivity index (χ1v) is 5.59. The van der Waals surface area contributed by atoms with E-state index in [0.717, 1.165) is 35.3 Å². The van der Waals surface area contributed by atoms with Crippen molar-refractivity contribution in [1.29, 1.82) is 0 Å². The third-order valence-electron chi connectivity index (χ3n) is 2.73. The number of rotatable bonds is 4. The van der Waals surface area contributed by atoms with Gasteiger partial charge in [0.05, 0.1) is 7.11 Å². The quantitative estimate of drug-likeness (QED) is 0.846. The van der Waals surface area contributed by atoms with E-state index in [2.05, 4.69) is 5.32 Å². The molecule has 0 radical (unpaired) electrons. The number of ether oxygens (including phenoxy) is 1. The van der Waals surface area contributed by atoms with Crippen LogP contribution in [0, 0.1) is 0 Å². The van der Waals surface area contributed by atoms with Crippen LogP contribution in [0.1, 0.15) is 35.3 Å². The average Bonchev–Trinajstić information content (AvgIpc) is 2.35. The Balaban J connectivity index is 3.37. The minimum atomic E-state index is -0.0173. The molecule has 3 nitrogen and oxygen atoms in total. The normalized spacial score (nSPS) is 10.0. The van der Waals surface area contributed by atoms with Crippen LogP contribution in [0.3, 0.4) is 0 Å². The Labute approximate surface area is 96.8 Å². The lowest BCUT2D eigenvalue weighted by Crippen LogP contribution is -2.21. The second-order valence-corrected chi connectivity index (χ2v) is 3.61. The fourth-order valence-electron chi connectivity index (χ4n) is 1.83. The zero-order chi connectivity index (χ0) is 12.1. The van der Waals surface area contributed by atoms with E-state index in [0.29, 0.717) is 0 Å². The van der Waals surface area contributed by atoms with Crippen LogP contribution in [0.2, 0.25) is 0 Å². The van der Waals surface area contributed by atoms with E-state index >= 15 is 0 Å². The predicted octanol–water partition coefficient (Wildman–Crippen LogP) is 2.18. The number of benzene rings is 1. The van der Waals surface area contributed by atoms with Gasteiger partial charge in [-0.05, 0) is 36.1 Å². The van der Waals surface area contributed by atoms with Crippen molar-refractivity contribution in [1.82, 2.24) is 5.32 Å². The van der Waals surface area contributed by atoms with Crippen molar-refractivity contribution in [3.05, 3.63) is 28.8 Å². The van der Waals surface area contributed by atoms with Crippen molar-refractivity contribution >= 4 is 5.91 Å². The maximum Gasteiger partial charge on any atom is 0.251 e. The summed E-state index contributed by atoms with van der Waals surface area (Å²) in [6, 6.07) is 3.87. The maximum absolute atomic E-state index is 11.8. The van der Waals surface area contributed by atoms with Gasteiger partial charge in [-0.2, -0.15) is 0 Å². The maximum atomic E-state index is 11.8. The number of carbonyl (C=O) groups is 1. The fourth-order valence-corrected chi connectivity index (χ4v) is 1.83. The Kier molecular flexibility index (Phi) is 4.35. The van der Waals surface area contributed by atoms with E-state index in [1.54, 1.807) is 14.2 Å². The van der Waals surface area contributed by atoms with Gasteiger partial charge in [0.25, 0.3) is 5.91 Å². The number of amides is 1. The predicted molar refractivity (Wildman–Crippen MR) is 65.1 cm³/mol. The number of hydrogen-bond donors (Lipinski definition) is 1. The van der Waals surface area contributed by atoms with Gasteiger partial charge in [-0.15, -0.1) is 0 Å². The lowest BCUT2D eigenvalue weighted by molar-refractivity contribution is 0.0961. The molecule has 1 amide bonds. The first-order valence-electron chi connectivity index (χ1n) is 5.59. The van der Waals surface area contributed by atoms with Crippen molar-refractivity contribution in [2.75, 3.05) is 14.2 Å². The summed E-state index contributed by atoms with van der Waals surface area (Å²) in [6.45, 7) is 4.08. The van der Waals surface area contributed by atoms with Gasteiger partial charge in [0.2, 0.25) is 0 Å². The first kappa shape index (κ1) is 12.6. The summed E-state index contributed by atoms with van der Waals surface area (Å²) in [7, 11) is 3.30. The molecule has 0 saturated carbocycles. The Morgan fingerprint density at radius 1 is 1.25 bits per heavy atom. The van der Waals surface area contributed by atoms with Gasteiger partial charge in [-0.25, -0.2) is 0 Å². The largest absolute Gasteiger partial charge is 0.497 e.